The number of nitrogens with one attached hydrogen (secondary N) is 1. The first-order chi connectivity index (χ1) is 9.74. The number of methoxy groups -OCH3 is 1. The zero-order valence-corrected chi connectivity index (χ0v) is 11.0. The van der Waals surface area contributed by atoms with Crippen molar-refractivity contribution >= 4 is 5.91 Å². The van der Waals surface area contributed by atoms with E-state index >= 15 is 0 Å². The van der Waals surface area contributed by atoms with Gasteiger partial charge in [0.1, 0.15) is 17.5 Å². The van der Waals surface area contributed by atoms with Crippen LogP contribution in [0, 0.1) is 11.3 Å². The summed E-state index contributed by atoms with van der Waals surface area (Å²) in [4.78, 5) is 15.9. The number of rotatable bonds is 4. The molecule has 0 radical (unpaired) electrons. The second-order valence-corrected chi connectivity index (χ2v) is 4.04. The van der Waals surface area contributed by atoms with E-state index in [9.17, 15) is 4.79 Å². The molecule has 0 bridgehead atoms. The average Bonchev–Trinajstić information content (AvgIpc) is 2.53. The quantitative estimate of drug-likeness (QED) is 0.917. The molecule has 0 fully saturated rings. The largest absolute Gasteiger partial charge is 0.496 e. The minimum absolute atomic E-state index is 0.277. The third-order valence-corrected chi connectivity index (χ3v) is 2.76. The van der Waals surface area contributed by atoms with Gasteiger partial charge in [-0.15, -0.1) is 0 Å². The predicted octanol–water partition coefficient (Wildman–Crippen LogP) is 1.89. The van der Waals surface area contributed by atoms with Crippen LogP contribution in [0.25, 0.3) is 0 Å². The molecule has 0 saturated carbocycles. The summed E-state index contributed by atoms with van der Waals surface area (Å²) in [5.41, 5.74) is 1.59. The molecular weight excluding hydrogens is 254 g/mol. The highest BCUT2D eigenvalue weighted by Gasteiger charge is 2.08. The molecule has 1 aromatic carbocycles. The van der Waals surface area contributed by atoms with Gasteiger partial charge in [-0.2, -0.15) is 5.26 Å². The maximum Gasteiger partial charge on any atom is 0.270 e. The van der Waals surface area contributed by atoms with Crippen LogP contribution in [-0.2, 0) is 6.54 Å². The zero-order valence-electron chi connectivity index (χ0n) is 11.0. The van der Waals surface area contributed by atoms with E-state index in [0.29, 0.717) is 12.1 Å². The number of nitrogens with zero attached hydrogens (tertiary/aromatic N) is 2. The number of amides is 1. The third-order valence-electron chi connectivity index (χ3n) is 2.76. The van der Waals surface area contributed by atoms with E-state index in [0.717, 1.165) is 11.3 Å². The Kier molecular flexibility index (Phi) is 4.30. The maximum absolute atomic E-state index is 11.9. The van der Waals surface area contributed by atoms with Crippen LogP contribution in [0.4, 0.5) is 0 Å². The van der Waals surface area contributed by atoms with Crippen molar-refractivity contribution in [3.8, 4) is 11.8 Å². The van der Waals surface area contributed by atoms with Crippen LogP contribution in [0.3, 0.4) is 0 Å². The monoisotopic (exact) mass is 267 g/mol. The number of ether oxygens (including phenoxy) is 1. The molecule has 20 heavy (non-hydrogen) atoms. The molecule has 0 aliphatic carbocycles. The lowest BCUT2D eigenvalue weighted by atomic mass is 10.2. The molecule has 0 atom stereocenters. The van der Waals surface area contributed by atoms with Gasteiger partial charge in [-0.05, 0) is 18.2 Å². The zero-order chi connectivity index (χ0) is 14.4. The lowest BCUT2D eigenvalue weighted by Crippen LogP contribution is -2.24. The fourth-order valence-electron chi connectivity index (χ4n) is 1.71. The molecule has 2 aromatic rings. The number of nitriles is 1. The molecule has 5 heteroatoms. The molecule has 0 saturated heterocycles. The van der Waals surface area contributed by atoms with Gasteiger partial charge in [0.15, 0.2) is 0 Å². The van der Waals surface area contributed by atoms with Crippen molar-refractivity contribution in [2.45, 2.75) is 6.54 Å². The Balaban J connectivity index is 2.03. The molecule has 1 aromatic heterocycles. The Bertz CT molecular complexity index is 645. The number of benzene rings is 1. The maximum atomic E-state index is 11.9. The number of para-hydroxylation sites is 1. The molecule has 5 nitrogen and oxygen atoms in total. The summed E-state index contributed by atoms with van der Waals surface area (Å²) in [6, 6.07) is 12.5. The lowest BCUT2D eigenvalue weighted by Gasteiger charge is -2.09. The third kappa shape index (κ3) is 3.12. The number of pyridine rings is 1. The van der Waals surface area contributed by atoms with Crippen LogP contribution in [0.2, 0.25) is 0 Å². The second-order valence-electron chi connectivity index (χ2n) is 4.04. The first kappa shape index (κ1) is 13.6. The average molecular weight is 267 g/mol. The molecule has 0 unspecified atom stereocenters. The fraction of sp³-hybridized carbons (Fsp3) is 0.133. The number of aromatic nitrogens is 1. The minimum atomic E-state index is -0.291. The summed E-state index contributed by atoms with van der Waals surface area (Å²) in [6.45, 7) is 0.352. The van der Waals surface area contributed by atoms with Crippen LogP contribution in [0.15, 0.2) is 42.6 Å². The summed E-state index contributed by atoms with van der Waals surface area (Å²) in [5, 5.41) is 11.4. The Hall–Kier alpha value is -2.87. The molecule has 0 spiro atoms. The predicted molar refractivity (Wildman–Crippen MR) is 73.1 cm³/mol. The molecule has 0 aliphatic heterocycles. The molecule has 1 amide bonds. The number of hydrogen-bond acceptors (Lipinski definition) is 4. The molecule has 2 rings (SSSR count). The normalized spacial score (nSPS) is 9.60. The lowest BCUT2D eigenvalue weighted by molar-refractivity contribution is 0.0945. The summed E-state index contributed by atoms with van der Waals surface area (Å²) in [7, 11) is 1.59. The van der Waals surface area contributed by atoms with Crippen molar-refractivity contribution in [2.75, 3.05) is 7.11 Å². The highest BCUT2D eigenvalue weighted by molar-refractivity contribution is 5.92. The van der Waals surface area contributed by atoms with Crippen molar-refractivity contribution in [1.29, 1.82) is 5.26 Å². The van der Waals surface area contributed by atoms with Crippen LogP contribution < -0.4 is 10.1 Å². The van der Waals surface area contributed by atoms with Gasteiger partial charge in [0, 0.05) is 18.3 Å². The first-order valence-corrected chi connectivity index (χ1v) is 6.01. The van der Waals surface area contributed by atoms with E-state index in [-0.39, 0.29) is 11.6 Å². The molecular formula is C15H13N3O2. The Morgan fingerprint density at radius 1 is 1.35 bits per heavy atom. The molecule has 100 valence electrons. The standard InChI is InChI=1S/C15H13N3O2/c1-20-14-5-3-2-4-12(14)10-18-15(19)13-7-6-11(8-16)9-17-13/h2-7,9H,10H2,1H3,(H,18,19). The van der Waals surface area contributed by atoms with E-state index < -0.39 is 0 Å². The van der Waals surface area contributed by atoms with Gasteiger partial charge in [0.25, 0.3) is 5.91 Å². The Morgan fingerprint density at radius 3 is 2.80 bits per heavy atom. The molecule has 0 aliphatic rings. The fourth-order valence-corrected chi connectivity index (χ4v) is 1.71. The molecule has 1 N–H and O–H groups in total. The van der Waals surface area contributed by atoms with Crippen molar-refractivity contribution in [3.05, 3.63) is 59.4 Å². The summed E-state index contributed by atoms with van der Waals surface area (Å²) >= 11 is 0. The minimum Gasteiger partial charge on any atom is -0.496 e. The number of carbonyl (C=O) groups excluding carboxylic acids is 1. The first-order valence-electron chi connectivity index (χ1n) is 6.01. The van der Waals surface area contributed by atoms with E-state index in [4.69, 9.17) is 10.00 Å². The summed E-state index contributed by atoms with van der Waals surface area (Å²) < 4.78 is 5.21. The van der Waals surface area contributed by atoms with Crippen molar-refractivity contribution in [3.63, 3.8) is 0 Å². The van der Waals surface area contributed by atoms with E-state index in [1.165, 1.54) is 12.3 Å². The topological polar surface area (TPSA) is 75.0 Å². The van der Waals surface area contributed by atoms with E-state index in [1.807, 2.05) is 30.3 Å². The van der Waals surface area contributed by atoms with Gasteiger partial charge < -0.3 is 10.1 Å². The van der Waals surface area contributed by atoms with Gasteiger partial charge in [-0.25, -0.2) is 4.98 Å². The second kappa shape index (κ2) is 6.34. The van der Waals surface area contributed by atoms with Gasteiger partial charge >= 0.3 is 0 Å². The van der Waals surface area contributed by atoms with Gasteiger partial charge in [0.2, 0.25) is 0 Å². The van der Waals surface area contributed by atoms with Crippen LogP contribution in [-0.4, -0.2) is 18.0 Å². The van der Waals surface area contributed by atoms with Crippen LogP contribution in [0.1, 0.15) is 21.6 Å². The summed E-state index contributed by atoms with van der Waals surface area (Å²) in [6.07, 6.45) is 1.37. The van der Waals surface area contributed by atoms with Crippen LogP contribution in [0.5, 0.6) is 5.75 Å². The SMILES string of the molecule is COc1ccccc1CNC(=O)c1ccc(C#N)cn1. The highest BCUT2D eigenvalue weighted by Crippen LogP contribution is 2.16. The number of hydrogen-bond donors (Lipinski definition) is 1. The Labute approximate surface area is 116 Å². The molecule has 1 heterocycles. The van der Waals surface area contributed by atoms with Gasteiger partial charge in [0.05, 0.1) is 12.7 Å². The van der Waals surface area contributed by atoms with Gasteiger partial charge in [-0.1, -0.05) is 18.2 Å². The van der Waals surface area contributed by atoms with Crippen molar-refractivity contribution in [1.82, 2.24) is 10.3 Å². The highest BCUT2D eigenvalue weighted by atomic mass is 16.5. The summed E-state index contributed by atoms with van der Waals surface area (Å²) in [5.74, 6) is 0.431. The smallest absolute Gasteiger partial charge is 0.270 e. The van der Waals surface area contributed by atoms with Crippen molar-refractivity contribution < 1.29 is 9.53 Å². The number of carbonyl (C=O) groups is 1. The van der Waals surface area contributed by atoms with E-state index in [2.05, 4.69) is 10.3 Å². The van der Waals surface area contributed by atoms with Crippen LogP contribution >= 0.6 is 0 Å². The van der Waals surface area contributed by atoms with E-state index in [1.54, 1.807) is 13.2 Å². The van der Waals surface area contributed by atoms with Crippen molar-refractivity contribution in [2.24, 2.45) is 0 Å². The Morgan fingerprint density at radius 2 is 2.15 bits per heavy atom. The van der Waals surface area contributed by atoms with Gasteiger partial charge in [-0.3, -0.25) is 4.79 Å².